The number of carbonyl (C=O) groups excluding carboxylic acids is 1. The summed E-state index contributed by atoms with van der Waals surface area (Å²) in [6.45, 7) is 11.6. The molecule has 0 spiro atoms. The molecule has 0 radical (unpaired) electrons. The van der Waals surface area contributed by atoms with Crippen molar-refractivity contribution in [3.63, 3.8) is 0 Å². The van der Waals surface area contributed by atoms with Crippen LogP contribution in [-0.2, 0) is 9.53 Å². The predicted molar refractivity (Wildman–Crippen MR) is 60.6 cm³/mol. The van der Waals surface area contributed by atoms with Crippen LogP contribution in [0, 0.1) is 10.8 Å². The van der Waals surface area contributed by atoms with Gasteiger partial charge >= 0.3 is 0 Å². The highest BCUT2D eigenvalue weighted by Crippen LogP contribution is 2.62. The molecule has 1 aliphatic rings. The average molecular weight is 213 g/mol. The fourth-order valence-corrected chi connectivity index (χ4v) is 2.07. The number of rotatable bonds is 5. The standard InChI is InChI=1S/C12H23NO2/c1-6-7-15-8-9(14)13-10-11(2,3)12(10,4)5/h10H,6-8H2,1-5H3,(H,13,14). The Kier molecular flexibility index (Phi) is 3.44. The van der Waals surface area contributed by atoms with E-state index < -0.39 is 0 Å². The largest absolute Gasteiger partial charge is 0.372 e. The van der Waals surface area contributed by atoms with Gasteiger partial charge in [0.15, 0.2) is 0 Å². The van der Waals surface area contributed by atoms with E-state index in [1.165, 1.54) is 0 Å². The van der Waals surface area contributed by atoms with Crippen molar-refractivity contribution in [1.82, 2.24) is 5.32 Å². The molecule has 1 aliphatic carbocycles. The van der Waals surface area contributed by atoms with Crippen LogP contribution in [0.5, 0.6) is 0 Å². The van der Waals surface area contributed by atoms with Crippen LogP contribution in [0.15, 0.2) is 0 Å². The summed E-state index contributed by atoms with van der Waals surface area (Å²) in [5.74, 6) is 0.00657. The highest BCUT2D eigenvalue weighted by atomic mass is 16.5. The molecule has 1 N–H and O–H groups in total. The van der Waals surface area contributed by atoms with Crippen LogP contribution in [0.3, 0.4) is 0 Å². The van der Waals surface area contributed by atoms with Gasteiger partial charge in [-0.05, 0) is 17.3 Å². The normalized spacial score (nSPS) is 22.5. The van der Waals surface area contributed by atoms with Gasteiger partial charge in [0, 0.05) is 12.6 Å². The SMILES string of the molecule is CCCOCC(=O)NC1C(C)(C)C1(C)C. The van der Waals surface area contributed by atoms with Crippen molar-refractivity contribution in [2.45, 2.75) is 47.1 Å². The summed E-state index contributed by atoms with van der Waals surface area (Å²) >= 11 is 0. The van der Waals surface area contributed by atoms with Crippen molar-refractivity contribution < 1.29 is 9.53 Å². The van der Waals surface area contributed by atoms with Gasteiger partial charge < -0.3 is 10.1 Å². The van der Waals surface area contributed by atoms with Crippen molar-refractivity contribution in [3.8, 4) is 0 Å². The lowest BCUT2D eigenvalue weighted by Gasteiger charge is -2.06. The first kappa shape index (κ1) is 12.5. The molecule has 0 aromatic carbocycles. The fourth-order valence-electron chi connectivity index (χ4n) is 2.07. The summed E-state index contributed by atoms with van der Waals surface area (Å²) in [5, 5.41) is 3.03. The molecular weight excluding hydrogens is 190 g/mol. The molecule has 0 aliphatic heterocycles. The molecule has 0 heterocycles. The Morgan fingerprint density at radius 3 is 2.20 bits per heavy atom. The van der Waals surface area contributed by atoms with Gasteiger partial charge in [-0.15, -0.1) is 0 Å². The predicted octanol–water partition coefficient (Wildman–Crippen LogP) is 1.96. The Morgan fingerprint density at radius 1 is 1.27 bits per heavy atom. The van der Waals surface area contributed by atoms with Crippen LogP contribution in [-0.4, -0.2) is 25.2 Å². The fraction of sp³-hybridized carbons (Fsp3) is 0.917. The first-order valence-corrected chi connectivity index (χ1v) is 5.71. The second-order valence-corrected chi connectivity index (χ2v) is 5.50. The molecule has 1 amide bonds. The zero-order valence-corrected chi connectivity index (χ0v) is 10.5. The van der Waals surface area contributed by atoms with E-state index in [2.05, 4.69) is 33.0 Å². The zero-order valence-electron chi connectivity index (χ0n) is 10.5. The average Bonchev–Trinajstić information content (AvgIpc) is 2.49. The number of hydrogen-bond donors (Lipinski definition) is 1. The summed E-state index contributed by atoms with van der Waals surface area (Å²) in [7, 11) is 0. The molecule has 1 saturated carbocycles. The number of carbonyl (C=O) groups is 1. The molecule has 0 saturated heterocycles. The Morgan fingerprint density at radius 2 is 1.80 bits per heavy atom. The maximum absolute atomic E-state index is 11.5. The smallest absolute Gasteiger partial charge is 0.246 e. The lowest BCUT2D eigenvalue weighted by Crippen LogP contribution is -2.33. The van der Waals surface area contributed by atoms with Crippen molar-refractivity contribution in [2.24, 2.45) is 10.8 Å². The van der Waals surface area contributed by atoms with Crippen molar-refractivity contribution in [2.75, 3.05) is 13.2 Å². The van der Waals surface area contributed by atoms with Crippen LogP contribution in [0.1, 0.15) is 41.0 Å². The molecule has 15 heavy (non-hydrogen) atoms. The second kappa shape index (κ2) is 4.12. The zero-order chi connectivity index (χ0) is 11.7. The Hall–Kier alpha value is -0.570. The van der Waals surface area contributed by atoms with E-state index >= 15 is 0 Å². The van der Waals surface area contributed by atoms with Crippen molar-refractivity contribution in [3.05, 3.63) is 0 Å². The van der Waals surface area contributed by atoms with E-state index in [1.54, 1.807) is 0 Å². The van der Waals surface area contributed by atoms with Crippen molar-refractivity contribution in [1.29, 1.82) is 0 Å². The van der Waals surface area contributed by atoms with Crippen molar-refractivity contribution >= 4 is 5.91 Å². The van der Waals surface area contributed by atoms with Gasteiger partial charge in [0.1, 0.15) is 6.61 Å². The van der Waals surface area contributed by atoms with E-state index in [-0.39, 0.29) is 29.4 Å². The monoisotopic (exact) mass is 213 g/mol. The van der Waals surface area contributed by atoms with Crippen LogP contribution in [0.4, 0.5) is 0 Å². The molecular formula is C12H23NO2. The van der Waals surface area contributed by atoms with Crippen LogP contribution < -0.4 is 5.32 Å². The lowest BCUT2D eigenvalue weighted by atomic mass is 10.0. The van der Waals surface area contributed by atoms with E-state index in [4.69, 9.17) is 4.74 Å². The summed E-state index contributed by atoms with van der Waals surface area (Å²) in [5.41, 5.74) is 0.404. The molecule has 88 valence electrons. The highest BCUT2D eigenvalue weighted by molar-refractivity contribution is 5.78. The van der Waals surface area contributed by atoms with Gasteiger partial charge in [-0.25, -0.2) is 0 Å². The number of ether oxygens (including phenoxy) is 1. The molecule has 1 fully saturated rings. The quantitative estimate of drug-likeness (QED) is 0.709. The van der Waals surface area contributed by atoms with E-state index in [1.807, 2.05) is 6.92 Å². The number of nitrogens with one attached hydrogen (secondary N) is 1. The minimum Gasteiger partial charge on any atom is -0.372 e. The summed E-state index contributed by atoms with van der Waals surface area (Å²) in [4.78, 5) is 11.5. The van der Waals surface area contributed by atoms with Crippen LogP contribution in [0.25, 0.3) is 0 Å². The molecule has 3 nitrogen and oxygen atoms in total. The summed E-state index contributed by atoms with van der Waals surface area (Å²) < 4.78 is 5.20. The molecule has 3 heteroatoms. The minimum absolute atomic E-state index is 0.00657. The van der Waals surface area contributed by atoms with E-state index in [9.17, 15) is 4.79 Å². The summed E-state index contributed by atoms with van der Waals surface area (Å²) in [6.07, 6.45) is 0.952. The lowest BCUT2D eigenvalue weighted by molar-refractivity contribution is -0.126. The molecule has 0 atom stereocenters. The third kappa shape index (κ3) is 2.33. The maximum Gasteiger partial charge on any atom is 0.246 e. The molecule has 0 unspecified atom stereocenters. The maximum atomic E-state index is 11.5. The van der Waals surface area contributed by atoms with E-state index in [0.29, 0.717) is 6.61 Å². The van der Waals surface area contributed by atoms with Crippen LogP contribution >= 0.6 is 0 Å². The van der Waals surface area contributed by atoms with E-state index in [0.717, 1.165) is 6.42 Å². The van der Waals surface area contributed by atoms with Gasteiger partial charge in [0.25, 0.3) is 0 Å². The van der Waals surface area contributed by atoms with Gasteiger partial charge in [-0.2, -0.15) is 0 Å². The Bertz CT molecular complexity index is 232. The summed E-state index contributed by atoms with van der Waals surface area (Å²) in [6, 6.07) is 0.280. The minimum atomic E-state index is 0.00657. The first-order chi connectivity index (χ1) is 6.84. The number of amides is 1. The molecule has 0 aromatic heterocycles. The Balaban J connectivity index is 2.29. The van der Waals surface area contributed by atoms with Gasteiger partial charge in [0.05, 0.1) is 0 Å². The molecule has 0 bridgehead atoms. The molecule has 1 rings (SSSR count). The van der Waals surface area contributed by atoms with Gasteiger partial charge in [0.2, 0.25) is 5.91 Å². The highest BCUT2D eigenvalue weighted by Gasteiger charge is 2.65. The topological polar surface area (TPSA) is 38.3 Å². The Labute approximate surface area is 92.6 Å². The van der Waals surface area contributed by atoms with Gasteiger partial charge in [-0.3, -0.25) is 4.79 Å². The number of hydrogen-bond acceptors (Lipinski definition) is 2. The third-order valence-electron chi connectivity index (χ3n) is 3.91. The van der Waals surface area contributed by atoms with Crippen LogP contribution in [0.2, 0.25) is 0 Å². The van der Waals surface area contributed by atoms with Gasteiger partial charge in [-0.1, -0.05) is 34.6 Å². The second-order valence-electron chi connectivity index (χ2n) is 5.50. The molecule has 0 aromatic rings. The first-order valence-electron chi connectivity index (χ1n) is 5.71. The third-order valence-corrected chi connectivity index (χ3v) is 3.91.